The van der Waals surface area contributed by atoms with Crippen molar-refractivity contribution in [1.29, 1.82) is 0 Å². The number of aliphatic imine (C=N–C) groups is 1. The van der Waals surface area contributed by atoms with Gasteiger partial charge in [0.2, 0.25) is 5.95 Å². The topological polar surface area (TPSA) is 91.7 Å². The third-order valence-corrected chi connectivity index (χ3v) is 6.55. The maximum Gasteiger partial charge on any atom is 0.282 e. The first-order valence-electron chi connectivity index (χ1n) is 11.2. The molecule has 3 aromatic rings. The molecule has 0 aliphatic carbocycles. The maximum absolute atomic E-state index is 12.7. The first-order chi connectivity index (χ1) is 16.5. The third-order valence-electron chi connectivity index (χ3n) is 5.88. The minimum Gasteiger partial charge on any atom is -0.457 e. The molecular weight excluding hydrogens is 532 g/mol. The molecule has 0 spiro atoms. The number of ether oxygens (including phenoxy) is 1. The molecule has 1 atom stereocenters. The summed E-state index contributed by atoms with van der Waals surface area (Å²) in [5.41, 5.74) is 1.76. The van der Waals surface area contributed by atoms with Gasteiger partial charge >= 0.3 is 0 Å². The lowest BCUT2D eigenvalue weighted by Crippen LogP contribution is -2.37. The third kappa shape index (κ3) is 5.98. The Morgan fingerprint density at radius 1 is 1.00 bits per heavy atom. The van der Waals surface area contributed by atoms with Gasteiger partial charge in [-0.25, -0.2) is 9.98 Å². The number of hydrogen-bond donors (Lipinski definition) is 2. The van der Waals surface area contributed by atoms with Crippen LogP contribution in [0.25, 0.3) is 0 Å². The Morgan fingerprint density at radius 2 is 1.69 bits per heavy atom. The van der Waals surface area contributed by atoms with Gasteiger partial charge in [0, 0.05) is 17.9 Å². The van der Waals surface area contributed by atoms with Crippen LogP contribution in [-0.2, 0) is 0 Å². The second-order valence-corrected chi connectivity index (χ2v) is 9.41. The maximum atomic E-state index is 12.7. The van der Waals surface area contributed by atoms with Crippen molar-refractivity contribution in [1.82, 2.24) is 14.9 Å². The summed E-state index contributed by atoms with van der Waals surface area (Å²) < 4.78 is 5.87. The van der Waals surface area contributed by atoms with E-state index in [1.165, 1.54) is 0 Å². The van der Waals surface area contributed by atoms with E-state index in [1.807, 2.05) is 54.6 Å². The van der Waals surface area contributed by atoms with Crippen LogP contribution < -0.4 is 15.4 Å². The van der Waals surface area contributed by atoms with E-state index in [2.05, 4.69) is 53.5 Å². The second kappa shape index (κ2) is 11.2. The average Bonchev–Trinajstić information content (AvgIpc) is 2.85. The highest BCUT2D eigenvalue weighted by atomic mass is 79.9. The van der Waals surface area contributed by atoms with Gasteiger partial charge in [-0.15, -0.1) is 12.4 Å². The van der Waals surface area contributed by atoms with Crippen molar-refractivity contribution in [2.75, 3.05) is 30.8 Å². The van der Waals surface area contributed by atoms with Crippen molar-refractivity contribution < 1.29 is 9.53 Å². The van der Waals surface area contributed by atoms with Gasteiger partial charge in [-0.1, -0.05) is 34.1 Å². The predicted octanol–water partition coefficient (Wildman–Crippen LogP) is 5.60. The second-order valence-electron chi connectivity index (χ2n) is 8.43. The number of likely N-dealkylation sites (tertiary alicyclic amines) is 1. The first-order valence-corrected chi connectivity index (χ1v) is 12.2. The van der Waals surface area contributed by atoms with Gasteiger partial charge in [-0.2, -0.15) is 4.98 Å². The molecule has 2 N–H and O–H groups in total. The molecule has 5 rings (SSSR count). The van der Waals surface area contributed by atoms with Gasteiger partial charge in [0.1, 0.15) is 22.9 Å². The largest absolute Gasteiger partial charge is 0.457 e. The van der Waals surface area contributed by atoms with Crippen LogP contribution in [0.5, 0.6) is 11.5 Å². The minimum atomic E-state index is -0.358. The highest BCUT2D eigenvalue weighted by molar-refractivity contribution is 9.09. The lowest BCUT2D eigenvalue weighted by Gasteiger charge is -2.30. The van der Waals surface area contributed by atoms with Crippen molar-refractivity contribution in [3.8, 4) is 11.5 Å². The van der Waals surface area contributed by atoms with Crippen LogP contribution in [0, 0.1) is 0 Å². The number of alkyl halides is 1. The van der Waals surface area contributed by atoms with Crippen LogP contribution in [0.4, 0.5) is 17.5 Å². The summed E-state index contributed by atoms with van der Waals surface area (Å²) in [7, 11) is 2.13. The van der Waals surface area contributed by atoms with Crippen LogP contribution in [0.2, 0.25) is 0 Å². The van der Waals surface area contributed by atoms with Crippen LogP contribution in [0.3, 0.4) is 0 Å². The van der Waals surface area contributed by atoms with Gasteiger partial charge in [0.05, 0.1) is 10.5 Å². The van der Waals surface area contributed by atoms with E-state index in [9.17, 15) is 4.79 Å². The first kappa shape index (κ1) is 25.1. The zero-order valence-electron chi connectivity index (χ0n) is 19.1. The number of para-hydroxylation sites is 1. The number of hydrogen-bond acceptors (Lipinski definition) is 7. The molecule has 0 radical (unpaired) electrons. The lowest BCUT2D eigenvalue weighted by molar-refractivity contribution is 0.100. The van der Waals surface area contributed by atoms with E-state index >= 15 is 0 Å². The highest BCUT2D eigenvalue weighted by Crippen LogP contribution is 2.34. The number of halogens is 2. The van der Waals surface area contributed by atoms with Crippen molar-refractivity contribution in [2.24, 2.45) is 4.99 Å². The fraction of sp³-hybridized carbons (Fsp3) is 0.280. The number of nitrogens with zero attached hydrogens (tertiary/aromatic N) is 4. The molecule has 0 saturated carbocycles. The fourth-order valence-electron chi connectivity index (χ4n) is 4.01. The molecule has 1 aromatic heterocycles. The molecule has 2 aromatic carbocycles. The molecule has 1 amide bonds. The Bertz CT molecular complexity index is 1200. The van der Waals surface area contributed by atoms with Gasteiger partial charge < -0.3 is 20.3 Å². The standard InChI is InChI=1S/C25H25BrN6O2.ClH/c1-32-13-11-17(12-14-32)29-25-30-22-20(26)15-27-24(33)21(22)23(31-25)28-16-7-9-19(10-8-16)34-18-5-3-2-4-6-18;/h2-10,15,17,20H,11-14H2,1H3,(H2,28,29,30,31);1H. The van der Waals surface area contributed by atoms with E-state index in [4.69, 9.17) is 4.74 Å². The Labute approximate surface area is 218 Å². The van der Waals surface area contributed by atoms with Gasteiger partial charge in [0.15, 0.2) is 0 Å². The lowest BCUT2D eigenvalue weighted by atomic mass is 10.1. The average molecular weight is 558 g/mol. The van der Waals surface area contributed by atoms with Crippen LogP contribution in [0.1, 0.15) is 33.7 Å². The van der Waals surface area contributed by atoms with Gasteiger partial charge in [-0.3, -0.25) is 4.79 Å². The smallest absolute Gasteiger partial charge is 0.282 e. The summed E-state index contributed by atoms with van der Waals surface area (Å²) in [4.78, 5) is 28.0. The van der Waals surface area contributed by atoms with E-state index < -0.39 is 0 Å². The number of nitrogens with one attached hydrogen (secondary N) is 2. The van der Waals surface area contributed by atoms with E-state index in [-0.39, 0.29) is 23.1 Å². The number of carbonyl (C=O) groups excluding carboxylic acids is 1. The highest BCUT2D eigenvalue weighted by Gasteiger charge is 2.29. The number of carbonyl (C=O) groups is 1. The number of anilines is 3. The van der Waals surface area contributed by atoms with Crippen molar-refractivity contribution in [3.63, 3.8) is 0 Å². The molecule has 1 unspecified atom stereocenters. The molecule has 8 nitrogen and oxygen atoms in total. The molecule has 35 heavy (non-hydrogen) atoms. The molecule has 182 valence electrons. The quantitative estimate of drug-likeness (QED) is 0.381. The number of rotatable bonds is 6. The SMILES string of the molecule is CN1CCC(Nc2nc(Nc3ccc(Oc4ccccc4)cc3)c3c(n2)C(Br)C=NC3=O)CC1.Cl. The summed E-state index contributed by atoms with van der Waals surface area (Å²) in [6.07, 6.45) is 3.60. The van der Waals surface area contributed by atoms with Crippen LogP contribution >= 0.6 is 28.3 Å². The van der Waals surface area contributed by atoms with Crippen molar-refractivity contribution in [2.45, 2.75) is 23.7 Å². The summed E-state index contributed by atoms with van der Waals surface area (Å²) in [6.45, 7) is 2.05. The Balaban J connectivity index is 0.00000289. The van der Waals surface area contributed by atoms with Gasteiger partial charge in [0.25, 0.3) is 5.91 Å². The molecule has 1 saturated heterocycles. The van der Waals surface area contributed by atoms with E-state index in [0.717, 1.165) is 37.4 Å². The fourth-order valence-corrected chi connectivity index (χ4v) is 4.46. The Kier molecular flexibility index (Phi) is 8.00. The molecule has 3 heterocycles. The molecule has 0 bridgehead atoms. The Morgan fingerprint density at radius 3 is 2.40 bits per heavy atom. The van der Waals surface area contributed by atoms with E-state index in [0.29, 0.717) is 34.8 Å². The number of piperidine rings is 1. The molecule has 1 fully saturated rings. The van der Waals surface area contributed by atoms with E-state index in [1.54, 1.807) is 6.21 Å². The van der Waals surface area contributed by atoms with Gasteiger partial charge in [-0.05, 0) is 69.4 Å². The monoisotopic (exact) mass is 556 g/mol. The predicted molar refractivity (Wildman–Crippen MR) is 144 cm³/mol. The molecule has 10 heteroatoms. The summed E-state index contributed by atoms with van der Waals surface area (Å²) in [5, 5.41) is 6.75. The molecule has 2 aliphatic heterocycles. The van der Waals surface area contributed by atoms with Crippen molar-refractivity contribution >= 4 is 57.9 Å². The normalized spacial score (nSPS) is 17.9. The zero-order valence-corrected chi connectivity index (χ0v) is 21.6. The summed E-state index contributed by atoms with van der Waals surface area (Å²) in [5.74, 6) is 2.07. The number of amides is 1. The van der Waals surface area contributed by atoms with Crippen LogP contribution in [0.15, 0.2) is 59.6 Å². The summed E-state index contributed by atoms with van der Waals surface area (Å²) in [6, 6.07) is 17.4. The molecular formula is C25H26BrClN6O2. The number of aromatic nitrogens is 2. The van der Waals surface area contributed by atoms with Crippen LogP contribution in [-0.4, -0.2) is 53.2 Å². The Hall–Kier alpha value is -3.01. The number of benzene rings is 2. The molecule has 2 aliphatic rings. The zero-order chi connectivity index (χ0) is 23.5. The minimum absolute atomic E-state index is 0. The number of fused-ring (bicyclic) bond motifs is 1. The summed E-state index contributed by atoms with van der Waals surface area (Å²) >= 11 is 3.57. The van der Waals surface area contributed by atoms with Crippen molar-refractivity contribution in [3.05, 3.63) is 65.9 Å².